The summed E-state index contributed by atoms with van der Waals surface area (Å²) >= 11 is 0. The van der Waals surface area contributed by atoms with Crippen molar-refractivity contribution in [2.75, 3.05) is 0 Å². The number of carboxylic acid groups (broad SMARTS) is 1. The summed E-state index contributed by atoms with van der Waals surface area (Å²) < 4.78 is 0. The Morgan fingerprint density at radius 1 is 0.727 bits per heavy atom. The molecule has 0 aliphatic rings. The van der Waals surface area contributed by atoms with Crippen LogP contribution in [0.5, 0.6) is 0 Å². The Bertz CT molecular complexity index is 327. The lowest BCUT2D eigenvalue weighted by Gasteiger charge is -1.97. The summed E-state index contributed by atoms with van der Waals surface area (Å²) in [5, 5.41) is 8.52. The van der Waals surface area contributed by atoms with Gasteiger partial charge in [0.15, 0.2) is 0 Å². The molecule has 1 N–H and O–H groups in total. The van der Waals surface area contributed by atoms with Gasteiger partial charge in [0.1, 0.15) is 0 Å². The van der Waals surface area contributed by atoms with Gasteiger partial charge < -0.3 is 5.11 Å². The van der Waals surface area contributed by atoms with E-state index in [1.54, 1.807) is 0 Å². The molecular weight excluding hydrogens is 272 g/mol. The van der Waals surface area contributed by atoms with Crippen molar-refractivity contribution < 1.29 is 9.90 Å². The molecule has 0 aromatic carbocycles. The fourth-order valence-corrected chi connectivity index (χ4v) is 2.24. The first-order valence-corrected chi connectivity index (χ1v) is 8.97. The molecule has 0 aromatic heterocycles. The van der Waals surface area contributed by atoms with Gasteiger partial charge >= 0.3 is 5.97 Å². The van der Waals surface area contributed by atoms with Crippen LogP contribution in [0.1, 0.15) is 84.0 Å². The molecule has 0 fully saturated rings. The van der Waals surface area contributed by atoms with Crippen molar-refractivity contribution in [3.8, 4) is 0 Å². The Hall–Kier alpha value is -1.31. The highest BCUT2D eigenvalue weighted by atomic mass is 16.4. The van der Waals surface area contributed by atoms with Crippen LogP contribution in [0.25, 0.3) is 0 Å². The van der Waals surface area contributed by atoms with Crippen molar-refractivity contribution in [2.45, 2.75) is 84.0 Å². The first-order chi connectivity index (χ1) is 10.8. The Morgan fingerprint density at radius 3 is 1.77 bits per heavy atom. The van der Waals surface area contributed by atoms with Gasteiger partial charge in [-0.15, -0.1) is 0 Å². The fourth-order valence-electron chi connectivity index (χ4n) is 2.24. The zero-order valence-electron chi connectivity index (χ0n) is 14.3. The van der Waals surface area contributed by atoms with Gasteiger partial charge in [0.2, 0.25) is 0 Å². The SMILES string of the molecule is CCCCCCC=CC=CC=CCCCCCCCC(=O)O. The Labute approximate surface area is 137 Å². The molecule has 2 heteroatoms. The van der Waals surface area contributed by atoms with Gasteiger partial charge in [-0.25, -0.2) is 0 Å². The molecule has 0 bridgehead atoms. The quantitative estimate of drug-likeness (QED) is 0.279. The topological polar surface area (TPSA) is 37.3 Å². The van der Waals surface area contributed by atoms with E-state index in [1.807, 2.05) is 0 Å². The molecule has 0 aromatic rings. The lowest BCUT2D eigenvalue weighted by molar-refractivity contribution is -0.137. The van der Waals surface area contributed by atoms with E-state index in [1.165, 1.54) is 44.9 Å². The minimum absolute atomic E-state index is 0.316. The van der Waals surface area contributed by atoms with Gasteiger partial charge in [0.25, 0.3) is 0 Å². The van der Waals surface area contributed by atoms with Crippen LogP contribution in [0.4, 0.5) is 0 Å². The second-order valence-electron chi connectivity index (χ2n) is 5.79. The number of hydrogen-bond acceptors (Lipinski definition) is 1. The minimum Gasteiger partial charge on any atom is -0.481 e. The molecule has 0 heterocycles. The number of hydrogen-bond donors (Lipinski definition) is 1. The van der Waals surface area contributed by atoms with E-state index in [4.69, 9.17) is 5.11 Å². The number of carbonyl (C=O) groups is 1. The fraction of sp³-hybridized carbons (Fsp3) is 0.650. The van der Waals surface area contributed by atoms with Crippen LogP contribution in [-0.4, -0.2) is 11.1 Å². The van der Waals surface area contributed by atoms with Crippen LogP contribution in [0, 0.1) is 0 Å². The van der Waals surface area contributed by atoms with Crippen molar-refractivity contribution in [2.24, 2.45) is 0 Å². The molecule has 0 unspecified atom stereocenters. The summed E-state index contributed by atoms with van der Waals surface area (Å²) in [4.78, 5) is 10.3. The number of carboxylic acids is 1. The summed E-state index contributed by atoms with van der Waals surface area (Å²) in [6.45, 7) is 2.24. The zero-order chi connectivity index (χ0) is 16.3. The molecule has 0 saturated heterocycles. The maximum Gasteiger partial charge on any atom is 0.303 e. The Balaban J connectivity index is 3.30. The summed E-state index contributed by atoms with van der Waals surface area (Å²) in [6, 6.07) is 0. The predicted molar refractivity (Wildman–Crippen MR) is 96.1 cm³/mol. The largest absolute Gasteiger partial charge is 0.481 e. The highest BCUT2D eigenvalue weighted by Gasteiger charge is 1.95. The van der Waals surface area contributed by atoms with E-state index in [0.717, 1.165) is 25.7 Å². The maximum absolute atomic E-state index is 10.3. The Kier molecular flexibility index (Phi) is 16.7. The van der Waals surface area contributed by atoms with Crippen molar-refractivity contribution in [3.63, 3.8) is 0 Å². The molecule has 22 heavy (non-hydrogen) atoms. The highest BCUT2D eigenvalue weighted by Crippen LogP contribution is 2.07. The molecule has 0 saturated carbocycles. The molecule has 0 aliphatic heterocycles. The standard InChI is InChI=1S/C20H34O2/c1-2-3-4-5-6-7-8-9-10-11-12-13-14-15-16-17-18-19-20(21)22/h7-12H,2-6,13-19H2,1H3,(H,21,22). The van der Waals surface area contributed by atoms with E-state index >= 15 is 0 Å². The van der Waals surface area contributed by atoms with E-state index in [2.05, 4.69) is 43.4 Å². The molecule has 0 rings (SSSR count). The van der Waals surface area contributed by atoms with Gasteiger partial charge in [-0.1, -0.05) is 81.9 Å². The van der Waals surface area contributed by atoms with Crippen LogP contribution in [0.2, 0.25) is 0 Å². The monoisotopic (exact) mass is 306 g/mol. The molecular formula is C20H34O2. The summed E-state index contributed by atoms with van der Waals surface area (Å²) in [6.07, 6.45) is 26.2. The van der Waals surface area contributed by atoms with Crippen LogP contribution >= 0.6 is 0 Å². The van der Waals surface area contributed by atoms with Gasteiger partial charge in [-0.3, -0.25) is 4.79 Å². The van der Waals surface area contributed by atoms with Gasteiger partial charge in [-0.05, 0) is 32.1 Å². The third-order valence-corrected chi connectivity index (χ3v) is 3.59. The second kappa shape index (κ2) is 17.7. The van der Waals surface area contributed by atoms with Crippen LogP contribution in [0.15, 0.2) is 36.5 Å². The molecule has 0 atom stereocenters. The van der Waals surface area contributed by atoms with Crippen molar-refractivity contribution in [3.05, 3.63) is 36.5 Å². The third-order valence-electron chi connectivity index (χ3n) is 3.59. The van der Waals surface area contributed by atoms with Crippen molar-refractivity contribution in [1.29, 1.82) is 0 Å². The van der Waals surface area contributed by atoms with Gasteiger partial charge in [-0.2, -0.15) is 0 Å². The third kappa shape index (κ3) is 18.7. The van der Waals surface area contributed by atoms with E-state index < -0.39 is 5.97 Å². The Morgan fingerprint density at radius 2 is 1.23 bits per heavy atom. The highest BCUT2D eigenvalue weighted by molar-refractivity contribution is 5.66. The van der Waals surface area contributed by atoms with E-state index in [0.29, 0.717) is 6.42 Å². The smallest absolute Gasteiger partial charge is 0.303 e. The predicted octanol–water partition coefficient (Wildman–Crippen LogP) is 6.44. The molecule has 0 amide bonds. The normalized spacial score (nSPS) is 12.0. The number of allylic oxidation sites excluding steroid dienone is 6. The molecule has 126 valence electrons. The van der Waals surface area contributed by atoms with Crippen LogP contribution in [0.3, 0.4) is 0 Å². The average Bonchev–Trinajstić information content (AvgIpc) is 2.50. The minimum atomic E-state index is -0.676. The van der Waals surface area contributed by atoms with E-state index in [9.17, 15) is 4.79 Å². The zero-order valence-corrected chi connectivity index (χ0v) is 14.3. The van der Waals surface area contributed by atoms with Crippen LogP contribution in [-0.2, 0) is 4.79 Å². The maximum atomic E-state index is 10.3. The molecule has 0 aliphatic carbocycles. The van der Waals surface area contributed by atoms with Gasteiger partial charge in [0.05, 0.1) is 0 Å². The average molecular weight is 306 g/mol. The first-order valence-electron chi connectivity index (χ1n) is 8.97. The van der Waals surface area contributed by atoms with Gasteiger partial charge in [0, 0.05) is 6.42 Å². The lowest BCUT2D eigenvalue weighted by Crippen LogP contribution is -1.93. The van der Waals surface area contributed by atoms with E-state index in [-0.39, 0.29) is 0 Å². The lowest BCUT2D eigenvalue weighted by atomic mass is 10.1. The van der Waals surface area contributed by atoms with Crippen LogP contribution < -0.4 is 0 Å². The first kappa shape index (κ1) is 20.7. The molecule has 0 spiro atoms. The second-order valence-corrected chi connectivity index (χ2v) is 5.79. The molecule has 2 nitrogen and oxygen atoms in total. The molecule has 0 radical (unpaired) electrons. The summed E-state index contributed by atoms with van der Waals surface area (Å²) in [7, 11) is 0. The van der Waals surface area contributed by atoms with Crippen molar-refractivity contribution in [1.82, 2.24) is 0 Å². The summed E-state index contributed by atoms with van der Waals surface area (Å²) in [5.74, 6) is -0.676. The number of aliphatic carboxylic acids is 1. The summed E-state index contributed by atoms with van der Waals surface area (Å²) in [5.41, 5.74) is 0. The van der Waals surface area contributed by atoms with Crippen molar-refractivity contribution >= 4 is 5.97 Å². The number of rotatable bonds is 15. The number of unbranched alkanes of at least 4 members (excludes halogenated alkanes) is 9.